The van der Waals surface area contributed by atoms with Gasteiger partial charge in [0, 0.05) is 19.2 Å². The predicted molar refractivity (Wildman–Crippen MR) is 118 cm³/mol. The minimum atomic E-state index is -3.92. The van der Waals surface area contributed by atoms with Crippen molar-refractivity contribution in [1.29, 1.82) is 0 Å². The van der Waals surface area contributed by atoms with Crippen LogP contribution in [0.4, 0.5) is 4.39 Å². The van der Waals surface area contributed by atoms with Gasteiger partial charge in [0.1, 0.15) is 5.82 Å². The van der Waals surface area contributed by atoms with Crippen molar-refractivity contribution in [2.24, 2.45) is 0 Å². The number of hydrogen-bond donors (Lipinski definition) is 0. The van der Waals surface area contributed by atoms with Gasteiger partial charge in [0.15, 0.2) is 12.4 Å². The molecular formula is C23H19ClFNO5S. The van der Waals surface area contributed by atoms with E-state index in [1.165, 1.54) is 31.3 Å². The van der Waals surface area contributed by atoms with Gasteiger partial charge in [-0.05, 0) is 48.0 Å². The molecule has 0 aliphatic heterocycles. The molecule has 0 N–H and O–H groups in total. The zero-order valence-electron chi connectivity index (χ0n) is 17.0. The van der Waals surface area contributed by atoms with Crippen LogP contribution in [0.2, 0.25) is 5.02 Å². The summed E-state index contributed by atoms with van der Waals surface area (Å²) >= 11 is 6.06. The van der Waals surface area contributed by atoms with Crippen LogP contribution in [0.1, 0.15) is 26.3 Å². The van der Waals surface area contributed by atoms with Crippen LogP contribution in [0.15, 0.2) is 77.7 Å². The standard InChI is InChI=1S/C23H19ClFNO5S/c1-26(14-16-5-3-2-4-6-16)32(29,30)19-11-12-21(24)20(13-19)23(28)31-15-22(27)17-7-9-18(25)10-8-17/h2-13H,14-15H2,1H3. The molecule has 9 heteroatoms. The van der Waals surface area contributed by atoms with Gasteiger partial charge in [0.2, 0.25) is 10.0 Å². The summed E-state index contributed by atoms with van der Waals surface area (Å²) in [7, 11) is -2.50. The van der Waals surface area contributed by atoms with Crippen molar-refractivity contribution in [3.05, 3.63) is 100 Å². The van der Waals surface area contributed by atoms with E-state index in [-0.39, 0.29) is 27.6 Å². The SMILES string of the molecule is CN(Cc1ccccc1)S(=O)(=O)c1ccc(Cl)c(C(=O)OCC(=O)c2ccc(F)cc2)c1. The van der Waals surface area contributed by atoms with E-state index in [1.807, 2.05) is 6.07 Å². The minimum Gasteiger partial charge on any atom is -0.454 e. The lowest BCUT2D eigenvalue weighted by atomic mass is 10.1. The molecule has 0 aliphatic carbocycles. The molecule has 0 bridgehead atoms. The number of carbonyl (C=O) groups is 2. The third kappa shape index (κ3) is 5.59. The van der Waals surface area contributed by atoms with Crippen LogP contribution in [-0.4, -0.2) is 38.1 Å². The largest absolute Gasteiger partial charge is 0.454 e. The van der Waals surface area contributed by atoms with E-state index in [4.69, 9.17) is 16.3 Å². The zero-order chi connectivity index (χ0) is 23.3. The average Bonchev–Trinajstić information content (AvgIpc) is 2.78. The fourth-order valence-electron chi connectivity index (χ4n) is 2.85. The van der Waals surface area contributed by atoms with Gasteiger partial charge in [-0.3, -0.25) is 4.79 Å². The molecular weight excluding hydrogens is 457 g/mol. The van der Waals surface area contributed by atoms with Gasteiger partial charge < -0.3 is 4.74 Å². The second kappa shape index (κ2) is 10.0. The lowest BCUT2D eigenvalue weighted by molar-refractivity contribution is 0.0474. The lowest BCUT2D eigenvalue weighted by Gasteiger charge is -2.18. The maximum Gasteiger partial charge on any atom is 0.340 e. The Bertz CT molecular complexity index is 1230. The third-order valence-electron chi connectivity index (χ3n) is 4.61. The quantitative estimate of drug-likeness (QED) is 0.357. The number of rotatable bonds is 8. The molecule has 166 valence electrons. The van der Waals surface area contributed by atoms with Crippen LogP contribution in [0.25, 0.3) is 0 Å². The number of carbonyl (C=O) groups excluding carboxylic acids is 2. The van der Waals surface area contributed by atoms with E-state index >= 15 is 0 Å². The molecule has 0 spiro atoms. The first kappa shape index (κ1) is 23.6. The molecule has 0 saturated carbocycles. The van der Waals surface area contributed by atoms with Crippen LogP contribution in [0, 0.1) is 5.82 Å². The Labute approximate surface area is 190 Å². The molecule has 3 rings (SSSR count). The summed E-state index contributed by atoms with van der Waals surface area (Å²) in [6, 6.07) is 17.5. The van der Waals surface area contributed by atoms with E-state index < -0.39 is 34.2 Å². The van der Waals surface area contributed by atoms with Gasteiger partial charge in [-0.1, -0.05) is 41.9 Å². The highest BCUT2D eigenvalue weighted by molar-refractivity contribution is 7.89. The highest BCUT2D eigenvalue weighted by Crippen LogP contribution is 2.24. The summed E-state index contributed by atoms with van der Waals surface area (Å²) in [6.45, 7) is -0.469. The van der Waals surface area contributed by atoms with Crippen molar-refractivity contribution >= 4 is 33.4 Å². The molecule has 0 fully saturated rings. The topological polar surface area (TPSA) is 80.8 Å². The Kier molecular flexibility index (Phi) is 7.40. The monoisotopic (exact) mass is 475 g/mol. The molecule has 6 nitrogen and oxygen atoms in total. The van der Waals surface area contributed by atoms with Gasteiger partial charge in [0.05, 0.1) is 15.5 Å². The van der Waals surface area contributed by atoms with Crippen LogP contribution in [-0.2, 0) is 21.3 Å². The molecule has 0 aromatic heterocycles. The molecule has 32 heavy (non-hydrogen) atoms. The number of sulfonamides is 1. The van der Waals surface area contributed by atoms with E-state index in [9.17, 15) is 22.4 Å². The van der Waals surface area contributed by atoms with E-state index in [2.05, 4.69) is 0 Å². The lowest BCUT2D eigenvalue weighted by Crippen LogP contribution is -2.26. The molecule has 0 radical (unpaired) electrons. The Morgan fingerprint density at radius 2 is 1.66 bits per heavy atom. The number of Topliss-reactive ketones (excluding diaryl/α,β-unsaturated/α-hetero) is 1. The van der Waals surface area contributed by atoms with Gasteiger partial charge in [0.25, 0.3) is 0 Å². The number of halogens is 2. The van der Waals surface area contributed by atoms with Crippen LogP contribution in [0.5, 0.6) is 0 Å². The Hall–Kier alpha value is -3.07. The summed E-state index contributed by atoms with van der Waals surface area (Å²) in [4.78, 5) is 24.5. The number of ether oxygens (including phenoxy) is 1. The fraction of sp³-hybridized carbons (Fsp3) is 0.130. The first-order chi connectivity index (χ1) is 15.2. The van der Waals surface area contributed by atoms with Crippen LogP contribution >= 0.6 is 11.6 Å². The van der Waals surface area contributed by atoms with Gasteiger partial charge in [-0.2, -0.15) is 4.31 Å². The first-order valence-electron chi connectivity index (χ1n) is 9.44. The van der Waals surface area contributed by atoms with Crippen LogP contribution in [0.3, 0.4) is 0 Å². The van der Waals surface area contributed by atoms with Crippen LogP contribution < -0.4 is 0 Å². The maximum atomic E-state index is 13.0. The van der Waals surface area contributed by atoms with E-state index in [0.29, 0.717) is 0 Å². The number of ketones is 1. The Balaban J connectivity index is 1.74. The summed E-state index contributed by atoms with van der Waals surface area (Å²) in [6.07, 6.45) is 0. The fourth-order valence-corrected chi connectivity index (χ4v) is 4.24. The summed E-state index contributed by atoms with van der Waals surface area (Å²) in [5, 5.41) is -0.0195. The second-order valence-electron chi connectivity index (χ2n) is 6.89. The Morgan fingerprint density at radius 3 is 2.31 bits per heavy atom. The minimum absolute atomic E-state index is 0.0195. The highest BCUT2D eigenvalue weighted by atomic mass is 35.5. The number of benzene rings is 3. The second-order valence-corrected chi connectivity index (χ2v) is 9.35. The highest BCUT2D eigenvalue weighted by Gasteiger charge is 2.24. The molecule has 3 aromatic carbocycles. The van der Waals surface area contributed by atoms with Gasteiger partial charge in [-0.25, -0.2) is 17.6 Å². The zero-order valence-corrected chi connectivity index (χ0v) is 18.6. The van der Waals surface area contributed by atoms with E-state index in [1.54, 1.807) is 24.3 Å². The molecule has 0 aliphatic rings. The van der Waals surface area contributed by atoms with Crippen molar-refractivity contribution in [3.8, 4) is 0 Å². The molecule has 0 amide bonds. The predicted octanol–water partition coefficient (Wildman–Crippen LogP) is 4.34. The van der Waals surface area contributed by atoms with Crippen molar-refractivity contribution in [2.75, 3.05) is 13.7 Å². The number of hydrogen-bond acceptors (Lipinski definition) is 5. The smallest absolute Gasteiger partial charge is 0.340 e. The first-order valence-corrected chi connectivity index (χ1v) is 11.3. The van der Waals surface area contributed by atoms with Crippen molar-refractivity contribution in [3.63, 3.8) is 0 Å². The van der Waals surface area contributed by atoms with E-state index in [0.717, 1.165) is 28.1 Å². The van der Waals surface area contributed by atoms with Gasteiger partial charge in [-0.15, -0.1) is 0 Å². The van der Waals surface area contributed by atoms with Gasteiger partial charge >= 0.3 is 5.97 Å². The summed E-state index contributed by atoms with van der Waals surface area (Å²) < 4.78 is 45.0. The van der Waals surface area contributed by atoms with Crippen molar-refractivity contribution in [2.45, 2.75) is 11.4 Å². The average molecular weight is 476 g/mol. The normalized spacial score (nSPS) is 11.4. The summed E-state index contributed by atoms with van der Waals surface area (Å²) in [5.74, 6) is -1.99. The molecule has 3 aromatic rings. The molecule has 0 saturated heterocycles. The summed E-state index contributed by atoms with van der Waals surface area (Å²) in [5.41, 5.74) is 0.781. The molecule has 0 heterocycles. The Morgan fingerprint density at radius 1 is 1.00 bits per heavy atom. The number of nitrogens with zero attached hydrogens (tertiary/aromatic N) is 1. The van der Waals surface area contributed by atoms with Crippen molar-refractivity contribution < 1.29 is 27.1 Å². The maximum absolute atomic E-state index is 13.0. The molecule has 0 unspecified atom stereocenters. The number of esters is 1. The third-order valence-corrected chi connectivity index (χ3v) is 6.74. The molecule has 0 atom stereocenters. The van der Waals surface area contributed by atoms with Crippen molar-refractivity contribution in [1.82, 2.24) is 4.31 Å².